The summed E-state index contributed by atoms with van der Waals surface area (Å²) in [6, 6.07) is 4.68. The number of pyridine rings is 1. The summed E-state index contributed by atoms with van der Waals surface area (Å²) in [5.74, 6) is 0. The van der Waals surface area contributed by atoms with E-state index in [1.807, 2.05) is 0 Å². The standard InChI is InChI=1S/C10H9BrF3N/c11-8-4-1-3-7(15-8)9(5-2-6-9)10(12,13)14/h1,3-4H,2,5-6H2. The fourth-order valence-corrected chi connectivity index (χ4v) is 2.23. The third-order valence-corrected chi connectivity index (χ3v) is 3.40. The van der Waals surface area contributed by atoms with Crippen molar-refractivity contribution in [1.82, 2.24) is 4.98 Å². The molecule has 1 aliphatic rings. The number of hydrogen-bond acceptors (Lipinski definition) is 1. The number of aromatic nitrogens is 1. The third-order valence-electron chi connectivity index (χ3n) is 2.96. The van der Waals surface area contributed by atoms with Crippen LogP contribution in [0.2, 0.25) is 0 Å². The first kappa shape index (κ1) is 10.9. The highest BCUT2D eigenvalue weighted by Crippen LogP contribution is 2.53. The minimum absolute atomic E-state index is 0.135. The zero-order valence-electron chi connectivity index (χ0n) is 7.81. The first-order chi connectivity index (χ1) is 6.96. The minimum atomic E-state index is -4.20. The molecule has 2 rings (SSSR count). The lowest BCUT2D eigenvalue weighted by Gasteiger charge is -2.42. The Morgan fingerprint density at radius 2 is 1.93 bits per heavy atom. The minimum Gasteiger partial charge on any atom is -0.245 e. The quantitative estimate of drug-likeness (QED) is 0.712. The fourth-order valence-electron chi connectivity index (χ4n) is 1.89. The maximum absolute atomic E-state index is 12.9. The van der Waals surface area contributed by atoms with Crippen LogP contribution in [0.15, 0.2) is 22.8 Å². The van der Waals surface area contributed by atoms with E-state index in [1.165, 1.54) is 6.07 Å². The second kappa shape index (κ2) is 3.47. The molecule has 5 heteroatoms. The van der Waals surface area contributed by atoms with Crippen molar-refractivity contribution in [3.05, 3.63) is 28.5 Å². The highest BCUT2D eigenvalue weighted by Gasteiger charge is 2.60. The van der Waals surface area contributed by atoms with Crippen LogP contribution < -0.4 is 0 Å². The van der Waals surface area contributed by atoms with Gasteiger partial charge in [-0.15, -0.1) is 0 Å². The molecule has 82 valence electrons. The van der Waals surface area contributed by atoms with E-state index in [9.17, 15) is 13.2 Å². The first-order valence-electron chi connectivity index (χ1n) is 4.65. The van der Waals surface area contributed by atoms with Gasteiger partial charge in [0, 0.05) is 0 Å². The number of rotatable bonds is 1. The van der Waals surface area contributed by atoms with Gasteiger partial charge < -0.3 is 0 Å². The Morgan fingerprint density at radius 1 is 1.27 bits per heavy atom. The summed E-state index contributed by atoms with van der Waals surface area (Å²) in [4.78, 5) is 3.93. The molecule has 1 heterocycles. The molecule has 0 bridgehead atoms. The van der Waals surface area contributed by atoms with E-state index < -0.39 is 11.6 Å². The molecule has 0 N–H and O–H groups in total. The van der Waals surface area contributed by atoms with Crippen LogP contribution in [0, 0.1) is 0 Å². The lowest BCUT2D eigenvalue weighted by molar-refractivity contribution is -0.214. The molecule has 0 amide bonds. The van der Waals surface area contributed by atoms with Gasteiger partial charge in [0.15, 0.2) is 0 Å². The summed E-state index contributed by atoms with van der Waals surface area (Å²) < 4.78 is 39.2. The molecular formula is C10H9BrF3N. The molecule has 1 aromatic rings. The lowest BCUT2D eigenvalue weighted by atomic mass is 9.66. The van der Waals surface area contributed by atoms with Crippen LogP contribution in [0.5, 0.6) is 0 Å². The zero-order valence-corrected chi connectivity index (χ0v) is 9.40. The summed E-state index contributed by atoms with van der Waals surface area (Å²) in [5.41, 5.74) is -1.56. The molecular weight excluding hydrogens is 271 g/mol. The number of alkyl halides is 3. The molecule has 0 aliphatic heterocycles. The molecule has 1 nitrogen and oxygen atoms in total. The van der Waals surface area contributed by atoms with Crippen molar-refractivity contribution in [2.24, 2.45) is 0 Å². The molecule has 0 aromatic carbocycles. The van der Waals surface area contributed by atoms with Gasteiger partial charge in [-0.2, -0.15) is 13.2 Å². The Labute approximate surface area is 93.8 Å². The normalized spacial score (nSPS) is 19.7. The van der Waals surface area contributed by atoms with Crippen molar-refractivity contribution in [2.45, 2.75) is 30.9 Å². The van der Waals surface area contributed by atoms with Crippen LogP contribution in [0.1, 0.15) is 25.0 Å². The van der Waals surface area contributed by atoms with Crippen LogP contribution in [-0.2, 0) is 5.41 Å². The first-order valence-corrected chi connectivity index (χ1v) is 5.45. The molecule has 0 atom stereocenters. The summed E-state index contributed by atoms with van der Waals surface area (Å²) in [7, 11) is 0. The Morgan fingerprint density at radius 3 is 2.33 bits per heavy atom. The van der Waals surface area contributed by atoms with Gasteiger partial charge in [-0.3, -0.25) is 0 Å². The Balaban J connectivity index is 2.43. The molecule has 1 aromatic heterocycles. The van der Waals surface area contributed by atoms with E-state index in [4.69, 9.17) is 0 Å². The number of nitrogens with zero attached hydrogens (tertiary/aromatic N) is 1. The second-order valence-corrected chi connectivity index (χ2v) is 4.59. The van der Waals surface area contributed by atoms with E-state index >= 15 is 0 Å². The summed E-state index contributed by atoms with van der Waals surface area (Å²) >= 11 is 3.10. The Kier molecular flexibility index (Phi) is 2.53. The average molecular weight is 280 g/mol. The second-order valence-electron chi connectivity index (χ2n) is 3.78. The van der Waals surface area contributed by atoms with Crippen molar-refractivity contribution in [3.8, 4) is 0 Å². The zero-order chi connectivity index (χ0) is 11.1. The Hall–Kier alpha value is -0.580. The van der Waals surface area contributed by atoms with E-state index in [0.717, 1.165) is 0 Å². The maximum atomic E-state index is 12.9. The monoisotopic (exact) mass is 279 g/mol. The average Bonchev–Trinajstić information content (AvgIpc) is 1.98. The van der Waals surface area contributed by atoms with E-state index in [0.29, 0.717) is 11.0 Å². The van der Waals surface area contributed by atoms with Crippen molar-refractivity contribution < 1.29 is 13.2 Å². The molecule has 1 aliphatic carbocycles. The molecule has 1 fully saturated rings. The van der Waals surface area contributed by atoms with Crippen LogP contribution in [-0.4, -0.2) is 11.2 Å². The van der Waals surface area contributed by atoms with Gasteiger partial charge in [-0.05, 0) is 40.9 Å². The van der Waals surface area contributed by atoms with Crippen LogP contribution in [0.25, 0.3) is 0 Å². The molecule has 0 saturated heterocycles. The predicted octanol–water partition coefficient (Wildman–Crippen LogP) is 3.83. The van der Waals surface area contributed by atoms with E-state index in [2.05, 4.69) is 20.9 Å². The molecule has 0 unspecified atom stereocenters. The van der Waals surface area contributed by atoms with Gasteiger partial charge in [-0.1, -0.05) is 12.5 Å². The van der Waals surface area contributed by atoms with E-state index in [1.54, 1.807) is 12.1 Å². The van der Waals surface area contributed by atoms with Gasteiger partial charge >= 0.3 is 6.18 Å². The van der Waals surface area contributed by atoms with Gasteiger partial charge in [0.05, 0.1) is 5.69 Å². The van der Waals surface area contributed by atoms with Gasteiger partial charge in [-0.25, -0.2) is 4.98 Å². The maximum Gasteiger partial charge on any atom is 0.399 e. The SMILES string of the molecule is FC(F)(F)C1(c2cccc(Br)n2)CCC1. The van der Waals surface area contributed by atoms with Crippen LogP contribution in [0.4, 0.5) is 13.2 Å². The highest BCUT2D eigenvalue weighted by atomic mass is 79.9. The van der Waals surface area contributed by atoms with Crippen molar-refractivity contribution >= 4 is 15.9 Å². The largest absolute Gasteiger partial charge is 0.399 e. The summed E-state index contributed by atoms with van der Waals surface area (Å²) in [5, 5.41) is 0. The smallest absolute Gasteiger partial charge is 0.245 e. The van der Waals surface area contributed by atoms with Crippen molar-refractivity contribution in [1.29, 1.82) is 0 Å². The van der Waals surface area contributed by atoms with Crippen LogP contribution >= 0.6 is 15.9 Å². The summed E-state index contributed by atoms with van der Waals surface area (Å²) in [6.45, 7) is 0. The lowest BCUT2D eigenvalue weighted by Crippen LogP contribution is -2.48. The van der Waals surface area contributed by atoms with Crippen molar-refractivity contribution in [3.63, 3.8) is 0 Å². The molecule has 0 radical (unpaired) electrons. The summed E-state index contributed by atoms with van der Waals surface area (Å²) in [6.07, 6.45) is -3.27. The topological polar surface area (TPSA) is 12.9 Å². The predicted molar refractivity (Wildman–Crippen MR) is 53.5 cm³/mol. The van der Waals surface area contributed by atoms with Gasteiger partial charge in [0.1, 0.15) is 10.0 Å². The fraction of sp³-hybridized carbons (Fsp3) is 0.500. The van der Waals surface area contributed by atoms with E-state index in [-0.39, 0.29) is 18.5 Å². The molecule has 1 saturated carbocycles. The third kappa shape index (κ3) is 1.67. The van der Waals surface area contributed by atoms with Gasteiger partial charge in [0.25, 0.3) is 0 Å². The van der Waals surface area contributed by atoms with Crippen molar-refractivity contribution in [2.75, 3.05) is 0 Å². The Bertz CT molecular complexity index is 371. The van der Waals surface area contributed by atoms with Crippen LogP contribution in [0.3, 0.4) is 0 Å². The number of halogens is 4. The highest BCUT2D eigenvalue weighted by molar-refractivity contribution is 9.10. The molecule has 0 spiro atoms. The molecule has 15 heavy (non-hydrogen) atoms. The number of hydrogen-bond donors (Lipinski definition) is 0. The van der Waals surface area contributed by atoms with Gasteiger partial charge in [0.2, 0.25) is 0 Å².